The molecule has 1 saturated carbocycles. The van der Waals surface area contributed by atoms with Crippen LogP contribution in [0.1, 0.15) is 35.1 Å². The number of piperazine rings is 1. The highest BCUT2D eigenvalue weighted by Gasteiger charge is 2.38. The number of likely N-dealkylation sites (N-methyl/N-ethyl adjacent to an activating group) is 1. The molecule has 1 aliphatic heterocycles. The van der Waals surface area contributed by atoms with Crippen molar-refractivity contribution in [1.29, 1.82) is 0 Å². The zero-order valence-corrected chi connectivity index (χ0v) is 21.0. The summed E-state index contributed by atoms with van der Waals surface area (Å²) in [7, 11) is 3.76. The molecule has 1 unspecified atom stereocenters. The lowest BCUT2D eigenvalue weighted by molar-refractivity contribution is -0.192. The number of methoxy groups -OCH3 is 1. The largest absolute Gasteiger partial charge is 0.497 e. The Morgan fingerprint density at radius 3 is 2.39 bits per heavy atom. The van der Waals surface area contributed by atoms with Gasteiger partial charge in [0.2, 0.25) is 0 Å². The minimum absolute atomic E-state index is 0.155. The molecule has 3 aromatic rings. The number of nitrogens with zero attached hydrogens (tertiary/aromatic N) is 5. The molecule has 1 aliphatic carbocycles. The molecule has 1 atom stereocenters. The van der Waals surface area contributed by atoms with Crippen molar-refractivity contribution < 1.29 is 32.6 Å². The smallest absolute Gasteiger partial charge is 0.490 e. The normalized spacial score (nSPS) is 18.5. The minimum atomic E-state index is -5.08. The number of alkyl halides is 3. The number of carboxylic acid groups (broad SMARTS) is 1. The molecule has 10 nitrogen and oxygen atoms in total. The maximum atomic E-state index is 12.9. The van der Waals surface area contributed by atoms with Crippen LogP contribution in [0.5, 0.6) is 5.75 Å². The van der Waals surface area contributed by atoms with E-state index in [1.54, 1.807) is 13.2 Å². The van der Waals surface area contributed by atoms with Gasteiger partial charge in [0.05, 0.1) is 18.7 Å². The van der Waals surface area contributed by atoms with Crippen molar-refractivity contribution in [2.75, 3.05) is 45.7 Å². The highest BCUT2D eigenvalue weighted by molar-refractivity contribution is 6.04. The van der Waals surface area contributed by atoms with Crippen LogP contribution in [0.2, 0.25) is 0 Å². The first kappa shape index (κ1) is 27.3. The molecule has 0 radical (unpaired) electrons. The van der Waals surface area contributed by atoms with Gasteiger partial charge in [0, 0.05) is 38.1 Å². The number of carboxylic acids is 1. The van der Waals surface area contributed by atoms with Crippen LogP contribution in [0.15, 0.2) is 42.6 Å². The molecule has 0 bridgehead atoms. The molecule has 0 spiro atoms. The van der Waals surface area contributed by atoms with Gasteiger partial charge in [-0.1, -0.05) is 0 Å². The summed E-state index contributed by atoms with van der Waals surface area (Å²) in [6, 6.07) is 11.1. The Morgan fingerprint density at radius 1 is 1.11 bits per heavy atom. The zero-order chi connectivity index (χ0) is 27.4. The van der Waals surface area contributed by atoms with Crippen LogP contribution in [-0.4, -0.2) is 87.9 Å². The summed E-state index contributed by atoms with van der Waals surface area (Å²) in [6.45, 7) is 4.21. The van der Waals surface area contributed by atoms with Gasteiger partial charge in [-0.2, -0.15) is 13.2 Å². The van der Waals surface area contributed by atoms with Crippen molar-refractivity contribution in [3.05, 3.63) is 54.0 Å². The van der Waals surface area contributed by atoms with Gasteiger partial charge in [-0.15, -0.1) is 10.2 Å². The van der Waals surface area contributed by atoms with Crippen molar-refractivity contribution in [3.8, 4) is 5.75 Å². The highest BCUT2D eigenvalue weighted by Crippen LogP contribution is 2.32. The molecule has 13 heteroatoms. The number of rotatable bonds is 6. The topological polar surface area (TPSA) is 112 Å². The third kappa shape index (κ3) is 6.78. The number of carbonyl (C=O) groups is 2. The van der Waals surface area contributed by atoms with Gasteiger partial charge in [0.25, 0.3) is 5.91 Å². The van der Waals surface area contributed by atoms with Gasteiger partial charge >= 0.3 is 12.1 Å². The number of fused-ring (bicyclic) bond motifs is 1. The molecular formula is C25H29F3N6O4. The first-order valence-corrected chi connectivity index (χ1v) is 12.1. The molecule has 2 aliphatic rings. The first-order chi connectivity index (χ1) is 18.0. The summed E-state index contributed by atoms with van der Waals surface area (Å²) in [5.74, 6) is -0.419. The fourth-order valence-electron chi connectivity index (χ4n) is 4.19. The molecule has 38 heavy (non-hydrogen) atoms. The number of halogens is 3. The van der Waals surface area contributed by atoms with Gasteiger partial charge in [-0.25, -0.2) is 4.79 Å². The zero-order valence-electron chi connectivity index (χ0n) is 21.0. The Balaban J connectivity index is 0.000000426. The Bertz CT molecular complexity index is 1280. The molecule has 2 fully saturated rings. The average Bonchev–Trinajstić information content (AvgIpc) is 3.61. The lowest BCUT2D eigenvalue weighted by Crippen LogP contribution is -2.47. The van der Waals surface area contributed by atoms with Crippen LogP contribution in [0.4, 0.5) is 18.9 Å². The molecule has 1 aromatic carbocycles. The van der Waals surface area contributed by atoms with Gasteiger partial charge in [0.1, 0.15) is 5.75 Å². The van der Waals surface area contributed by atoms with E-state index in [1.807, 2.05) is 40.9 Å². The maximum absolute atomic E-state index is 12.9. The second-order valence-corrected chi connectivity index (χ2v) is 9.39. The predicted molar refractivity (Wildman–Crippen MR) is 132 cm³/mol. The summed E-state index contributed by atoms with van der Waals surface area (Å²) in [4.78, 5) is 26.6. The van der Waals surface area contributed by atoms with Crippen molar-refractivity contribution in [3.63, 3.8) is 0 Å². The van der Waals surface area contributed by atoms with Crippen LogP contribution in [-0.2, 0) is 4.79 Å². The molecular weight excluding hydrogens is 505 g/mol. The van der Waals surface area contributed by atoms with Crippen LogP contribution in [0.3, 0.4) is 0 Å². The quantitative estimate of drug-likeness (QED) is 0.496. The monoisotopic (exact) mass is 534 g/mol. The average molecular weight is 535 g/mol. The van der Waals surface area contributed by atoms with Crippen molar-refractivity contribution in [2.24, 2.45) is 5.92 Å². The standard InChI is InChI=1S/C23H28N6O2.C2HF3O2/c1-27-11-12-28(13-16-3-4-16)15-20(27)22-26-25-21-10-5-17(14-29(21)22)23(30)24-18-6-8-19(31-2)9-7-18;3-2(4,5)1(6)7/h5-10,14,16,20H,3-4,11-13,15H2,1-2H3,(H,24,30);(H,6,7). The second kappa shape index (κ2) is 11.4. The number of hydrogen-bond acceptors (Lipinski definition) is 7. The summed E-state index contributed by atoms with van der Waals surface area (Å²) in [6.07, 6.45) is -0.522. The molecule has 2 N–H and O–H groups in total. The van der Waals surface area contributed by atoms with Crippen molar-refractivity contribution >= 4 is 23.2 Å². The van der Waals surface area contributed by atoms with E-state index in [1.165, 1.54) is 19.4 Å². The number of anilines is 1. The second-order valence-electron chi connectivity index (χ2n) is 9.39. The fourth-order valence-corrected chi connectivity index (χ4v) is 4.19. The van der Waals surface area contributed by atoms with Crippen molar-refractivity contribution in [1.82, 2.24) is 24.4 Å². The van der Waals surface area contributed by atoms with Gasteiger partial charge in [0.15, 0.2) is 11.5 Å². The van der Waals surface area contributed by atoms with E-state index in [2.05, 4.69) is 32.4 Å². The lowest BCUT2D eigenvalue weighted by atomic mass is 10.1. The summed E-state index contributed by atoms with van der Waals surface area (Å²) in [5, 5.41) is 18.9. The highest BCUT2D eigenvalue weighted by atomic mass is 19.4. The number of hydrogen-bond donors (Lipinski definition) is 2. The summed E-state index contributed by atoms with van der Waals surface area (Å²) >= 11 is 0. The molecule has 1 amide bonds. The Morgan fingerprint density at radius 2 is 1.79 bits per heavy atom. The van der Waals surface area contributed by atoms with E-state index in [9.17, 15) is 18.0 Å². The van der Waals surface area contributed by atoms with E-state index in [0.29, 0.717) is 5.56 Å². The Hall–Kier alpha value is -3.71. The number of nitrogens with one attached hydrogen (secondary N) is 1. The van der Waals surface area contributed by atoms with E-state index in [0.717, 1.165) is 48.5 Å². The van der Waals surface area contributed by atoms with Crippen LogP contribution < -0.4 is 10.1 Å². The Kier molecular flexibility index (Phi) is 8.17. The third-order valence-corrected chi connectivity index (χ3v) is 6.52. The molecule has 1 saturated heterocycles. The number of pyridine rings is 1. The van der Waals surface area contributed by atoms with Gasteiger partial charge in [-0.3, -0.25) is 19.0 Å². The first-order valence-electron chi connectivity index (χ1n) is 12.1. The summed E-state index contributed by atoms with van der Waals surface area (Å²) in [5.41, 5.74) is 2.04. The van der Waals surface area contributed by atoms with E-state index in [4.69, 9.17) is 14.6 Å². The van der Waals surface area contributed by atoms with E-state index in [-0.39, 0.29) is 11.9 Å². The molecule has 5 rings (SSSR count). The van der Waals surface area contributed by atoms with Crippen LogP contribution in [0, 0.1) is 5.92 Å². The number of carbonyl (C=O) groups excluding carboxylic acids is 1. The molecule has 2 aromatic heterocycles. The lowest BCUT2D eigenvalue weighted by Gasteiger charge is -2.38. The Labute approximate surface area is 217 Å². The van der Waals surface area contributed by atoms with Gasteiger partial charge in [-0.05, 0) is 62.2 Å². The summed E-state index contributed by atoms with van der Waals surface area (Å²) < 4.78 is 38.9. The maximum Gasteiger partial charge on any atom is 0.490 e. The van der Waals surface area contributed by atoms with E-state index >= 15 is 0 Å². The van der Waals surface area contributed by atoms with Crippen LogP contribution in [0.25, 0.3) is 5.65 Å². The number of ether oxygens (including phenoxy) is 1. The number of benzene rings is 1. The molecule has 204 valence electrons. The fraction of sp³-hybridized carbons (Fsp3) is 0.440. The molecule has 3 heterocycles. The SMILES string of the molecule is COc1ccc(NC(=O)c2ccc3nnc(C4CN(CC5CC5)CCN4C)n3c2)cc1.O=C(O)C(F)(F)F. The van der Waals surface area contributed by atoms with Crippen LogP contribution >= 0.6 is 0 Å². The van der Waals surface area contributed by atoms with Gasteiger partial charge < -0.3 is 15.2 Å². The number of aliphatic carboxylic acids is 1. The minimum Gasteiger partial charge on any atom is -0.497 e. The third-order valence-electron chi connectivity index (χ3n) is 6.52. The predicted octanol–water partition coefficient (Wildman–Crippen LogP) is 3.32. The van der Waals surface area contributed by atoms with E-state index < -0.39 is 12.1 Å². The number of amides is 1. The van der Waals surface area contributed by atoms with Crippen molar-refractivity contribution in [2.45, 2.75) is 25.1 Å². The number of aromatic nitrogens is 3.